The summed E-state index contributed by atoms with van der Waals surface area (Å²) >= 11 is 0. The summed E-state index contributed by atoms with van der Waals surface area (Å²) in [7, 11) is -3.96. The summed E-state index contributed by atoms with van der Waals surface area (Å²) in [6.45, 7) is 5.56. The van der Waals surface area contributed by atoms with Crippen LogP contribution in [-0.4, -0.2) is 44.9 Å². The number of piperazine rings is 1. The van der Waals surface area contributed by atoms with Crippen LogP contribution in [0.4, 0.5) is 10.1 Å². The first-order valence-electron chi connectivity index (χ1n) is 8.68. The number of carbonyl (C=O) groups excluding carboxylic acids is 1. The van der Waals surface area contributed by atoms with Gasteiger partial charge < -0.3 is 10.2 Å². The van der Waals surface area contributed by atoms with E-state index in [1.807, 2.05) is 6.92 Å². The number of nitrogens with one attached hydrogen (secondary N) is 2. The summed E-state index contributed by atoms with van der Waals surface area (Å²) in [5.74, 6) is -0.735. The van der Waals surface area contributed by atoms with E-state index in [9.17, 15) is 17.6 Å². The molecular weight excluding hydrogens is 405 g/mol. The van der Waals surface area contributed by atoms with Gasteiger partial charge in [0.1, 0.15) is 5.82 Å². The van der Waals surface area contributed by atoms with Crippen LogP contribution < -0.4 is 10.0 Å². The molecule has 0 aliphatic carbocycles. The van der Waals surface area contributed by atoms with Gasteiger partial charge in [0.2, 0.25) is 0 Å². The quantitative estimate of drug-likeness (QED) is 0.786. The molecule has 3 rings (SSSR count). The van der Waals surface area contributed by atoms with Crippen LogP contribution in [0.3, 0.4) is 0 Å². The van der Waals surface area contributed by atoms with Crippen LogP contribution >= 0.6 is 12.4 Å². The maximum atomic E-state index is 13.7. The number of benzene rings is 2. The van der Waals surface area contributed by atoms with Crippen molar-refractivity contribution in [2.75, 3.05) is 24.4 Å². The number of rotatable bonds is 4. The fraction of sp³-hybridized carbons (Fsp3) is 0.316. The van der Waals surface area contributed by atoms with E-state index in [1.54, 1.807) is 30.0 Å². The second-order valence-electron chi connectivity index (χ2n) is 6.65. The lowest BCUT2D eigenvalue weighted by atomic mass is 10.1. The zero-order valence-corrected chi connectivity index (χ0v) is 17.2. The molecule has 152 valence electrons. The van der Waals surface area contributed by atoms with Crippen molar-refractivity contribution in [1.29, 1.82) is 0 Å². The summed E-state index contributed by atoms with van der Waals surface area (Å²) in [6.07, 6.45) is 0. The van der Waals surface area contributed by atoms with Crippen molar-refractivity contribution in [1.82, 2.24) is 10.2 Å². The van der Waals surface area contributed by atoms with Crippen molar-refractivity contribution < 1.29 is 17.6 Å². The van der Waals surface area contributed by atoms with Gasteiger partial charge in [-0.05, 0) is 49.7 Å². The van der Waals surface area contributed by atoms with Crippen molar-refractivity contribution in [3.63, 3.8) is 0 Å². The fourth-order valence-corrected chi connectivity index (χ4v) is 4.04. The summed E-state index contributed by atoms with van der Waals surface area (Å²) < 4.78 is 41.2. The maximum absolute atomic E-state index is 13.7. The number of nitrogens with zero attached hydrogens (tertiary/aromatic N) is 1. The minimum Gasteiger partial charge on any atom is -0.333 e. The number of carbonyl (C=O) groups is 1. The van der Waals surface area contributed by atoms with Crippen LogP contribution in [0.15, 0.2) is 47.4 Å². The Morgan fingerprint density at radius 1 is 1.25 bits per heavy atom. The normalized spacial score (nSPS) is 17.0. The van der Waals surface area contributed by atoms with Crippen LogP contribution in [0.5, 0.6) is 0 Å². The molecular formula is C19H23ClFN3O3S. The highest BCUT2D eigenvalue weighted by atomic mass is 35.5. The topological polar surface area (TPSA) is 78.5 Å². The minimum absolute atomic E-state index is 0. The van der Waals surface area contributed by atoms with Gasteiger partial charge in [-0.2, -0.15) is 0 Å². The first kappa shape index (κ1) is 22.1. The number of hydrogen-bond donors (Lipinski definition) is 2. The SMILES string of the molecule is Cc1ccc(S(=O)(=O)Nc2cccc(C(=O)N3CCNCC3C)c2)cc1F.Cl. The summed E-state index contributed by atoms with van der Waals surface area (Å²) in [5.41, 5.74) is 1.02. The van der Waals surface area contributed by atoms with Gasteiger partial charge >= 0.3 is 0 Å². The standard InChI is InChI=1S/C19H22FN3O3S.ClH/c1-13-6-7-17(11-18(13)20)27(25,26)22-16-5-3-4-15(10-16)19(24)23-9-8-21-12-14(23)2;/h3-7,10-11,14,21-22H,8-9,12H2,1-2H3;1H. The predicted molar refractivity (Wildman–Crippen MR) is 109 cm³/mol. The van der Waals surface area contributed by atoms with Gasteiger partial charge in [-0.15, -0.1) is 12.4 Å². The third-order valence-corrected chi connectivity index (χ3v) is 5.96. The molecule has 1 fully saturated rings. The molecule has 0 radical (unpaired) electrons. The van der Waals surface area contributed by atoms with Crippen molar-refractivity contribution in [2.24, 2.45) is 0 Å². The maximum Gasteiger partial charge on any atom is 0.261 e. The van der Waals surface area contributed by atoms with E-state index < -0.39 is 15.8 Å². The highest BCUT2D eigenvalue weighted by Gasteiger charge is 2.24. The summed E-state index contributed by atoms with van der Waals surface area (Å²) in [4.78, 5) is 14.3. The van der Waals surface area contributed by atoms with Gasteiger partial charge in [0.25, 0.3) is 15.9 Å². The number of sulfonamides is 1. The third-order valence-electron chi connectivity index (χ3n) is 4.58. The van der Waals surface area contributed by atoms with Crippen molar-refractivity contribution >= 4 is 34.0 Å². The van der Waals surface area contributed by atoms with E-state index in [0.717, 1.165) is 19.2 Å². The van der Waals surface area contributed by atoms with Crippen molar-refractivity contribution in [3.05, 3.63) is 59.4 Å². The highest BCUT2D eigenvalue weighted by Crippen LogP contribution is 2.20. The number of anilines is 1. The molecule has 28 heavy (non-hydrogen) atoms. The Kier molecular flexibility index (Phi) is 7.03. The molecule has 2 aromatic rings. The molecule has 9 heteroatoms. The number of halogens is 2. The van der Waals surface area contributed by atoms with E-state index in [-0.39, 0.29) is 34.9 Å². The van der Waals surface area contributed by atoms with Gasteiger partial charge in [0.05, 0.1) is 4.90 Å². The zero-order chi connectivity index (χ0) is 19.6. The molecule has 1 aliphatic rings. The number of amides is 1. The molecule has 1 unspecified atom stereocenters. The van der Waals surface area contributed by atoms with E-state index in [4.69, 9.17) is 0 Å². The van der Waals surface area contributed by atoms with Crippen LogP contribution in [0.1, 0.15) is 22.8 Å². The molecule has 1 aliphatic heterocycles. The van der Waals surface area contributed by atoms with E-state index in [0.29, 0.717) is 17.7 Å². The molecule has 2 aromatic carbocycles. The van der Waals surface area contributed by atoms with Crippen molar-refractivity contribution in [2.45, 2.75) is 24.8 Å². The Hall–Kier alpha value is -2.16. The second-order valence-corrected chi connectivity index (χ2v) is 8.33. The molecule has 1 atom stereocenters. The van der Waals surface area contributed by atoms with Crippen LogP contribution in [0, 0.1) is 12.7 Å². The van der Waals surface area contributed by atoms with Gasteiger partial charge in [-0.1, -0.05) is 12.1 Å². The highest BCUT2D eigenvalue weighted by molar-refractivity contribution is 7.92. The van der Waals surface area contributed by atoms with Gasteiger partial charge in [-0.3, -0.25) is 9.52 Å². The van der Waals surface area contributed by atoms with Gasteiger partial charge in [-0.25, -0.2) is 12.8 Å². The summed E-state index contributed by atoms with van der Waals surface area (Å²) in [6, 6.07) is 10.1. The van der Waals surface area contributed by atoms with E-state index in [1.165, 1.54) is 18.2 Å². The Balaban J connectivity index is 0.00000280. The molecule has 0 saturated carbocycles. The average Bonchev–Trinajstić information content (AvgIpc) is 2.63. The fourth-order valence-electron chi connectivity index (χ4n) is 2.98. The molecule has 2 N–H and O–H groups in total. The monoisotopic (exact) mass is 427 g/mol. The Labute approximate surface area is 170 Å². The van der Waals surface area contributed by atoms with Crippen molar-refractivity contribution in [3.8, 4) is 0 Å². The van der Waals surface area contributed by atoms with Gasteiger partial charge in [0, 0.05) is 36.9 Å². The minimum atomic E-state index is -3.96. The van der Waals surface area contributed by atoms with Crippen LogP contribution in [0.2, 0.25) is 0 Å². The Bertz CT molecular complexity index is 969. The zero-order valence-electron chi connectivity index (χ0n) is 15.6. The number of aryl methyl sites for hydroxylation is 1. The largest absolute Gasteiger partial charge is 0.333 e. The molecule has 1 amide bonds. The lowest BCUT2D eigenvalue weighted by Crippen LogP contribution is -2.52. The molecule has 1 heterocycles. The smallest absolute Gasteiger partial charge is 0.261 e. The Morgan fingerprint density at radius 2 is 2.00 bits per heavy atom. The molecule has 0 aromatic heterocycles. The molecule has 6 nitrogen and oxygen atoms in total. The molecule has 1 saturated heterocycles. The first-order chi connectivity index (χ1) is 12.8. The third kappa shape index (κ3) is 4.81. The lowest BCUT2D eigenvalue weighted by molar-refractivity contribution is 0.0656. The van der Waals surface area contributed by atoms with E-state index >= 15 is 0 Å². The lowest BCUT2D eigenvalue weighted by Gasteiger charge is -2.34. The number of hydrogen-bond acceptors (Lipinski definition) is 4. The second kappa shape index (κ2) is 8.89. The Morgan fingerprint density at radius 3 is 2.68 bits per heavy atom. The first-order valence-corrected chi connectivity index (χ1v) is 10.2. The molecule has 0 bridgehead atoms. The van der Waals surface area contributed by atoms with Crippen LogP contribution in [0.25, 0.3) is 0 Å². The van der Waals surface area contributed by atoms with Crippen LogP contribution in [-0.2, 0) is 10.0 Å². The summed E-state index contributed by atoms with van der Waals surface area (Å²) in [5, 5.41) is 3.22. The van der Waals surface area contributed by atoms with E-state index in [2.05, 4.69) is 10.0 Å². The predicted octanol–water partition coefficient (Wildman–Crippen LogP) is 2.79. The van der Waals surface area contributed by atoms with Gasteiger partial charge in [0.15, 0.2) is 0 Å². The molecule has 0 spiro atoms. The average molecular weight is 428 g/mol.